The number of carbonyl (C=O) groups excluding carboxylic acids is 2. The molecule has 1 aromatic heterocycles. The summed E-state index contributed by atoms with van der Waals surface area (Å²) in [5, 5.41) is 6.15. The Morgan fingerprint density at radius 3 is 2.62 bits per heavy atom. The number of carbonyl (C=O) groups is 2. The van der Waals surface area contributed by atoms with Crippen LogP contribution in [0.2, 0.25) is 0 Å². The summed E-state index contributed by atoms with van der Waals surface area (Å²) in [7, 11) is 1.78. The highest BCUT2D eigenvalue weighted by molar-refractivity contribution is 5.90. The van der Waals surface area contributed by atoms with E-state index in [9.17, 15) is 9.59 Å². The van der Waals surface area contributed by atoms with Crippen LogP contribution in [0.25, 0.3) is 0 Å². The van der Waals surface area contributed by atoms with Crippen LogP contribution in [0.15, 0.2) is 42.7 Å². The van der Waals surface area contributed by atoms with E-state index < -0.39 is 6.04 Å². The average molecular weight is 504 g/mol. The fraction of sp³-hybridized carbons (Fsp3) is 0.567. The van der Waals surface area contributed by atoms with E-state index in [0.29, 0.717) is 0 Å². The molecule has 2 aromatic rings. The smallest absolute Gasteiger partial charge is 0.245 e. The van der Waals surface area contributed by atoms with Crippen molar-refractivity contribution >= 4 is 23.2 Å². The fourth-order valence-corrected chi connectivity index (χ4v) is 6.39. The zero-order chi connectivity index (χ0) is 25.8. The van der Waals surface area contributed by atoms with E-state index in [4.69, 9.17) is 0 Å². The third-order valence-corrected chi connectivity index (χ3v) is 8.60. The lowest BCUT2D eigenvalue weighted by Gasteiger charge is -2.36. The minimum absolute atomic E-state index is 0.00954. The third-order valence-electron chi connectivity index (χ3n) is 8.60. The van der Waals surface area contributed by atoms with E-state index in [2.05, 4.69) is 50.8 Å². The van der Waals surface area contributed by atoms with Gasteiger partial charge in [-0.15, -0.1) is 0 Å². The molecule has 1 aromatic carbocycles. The molecule has 0 radical (unpaired) electrons. The molecule has 7 nitrogen and oxygen atoms in total. The van der Waals surface area contributed by atoms with Gasteiger partial charge >= 0.3 is 0 Å². The van der Waals surface area contributed by atoms with E-state index in [-0.39, 0.29) is 29.8 Å². The number of nitrogens with one attached hydrogen (secondary N) is 2. The van der Waals surface area contributed by atoms with Crippen LogP contribution >= 0.6 is 0 Å². The summed E-state index contributed by atoms with van der Waals surface area (Å²) in [4.78, 5) is 36.0. The lowest BCUT2D eigenvalue weighted by atomic mass is 9.83. The van der Waals surface area contributed by atoms with Gasteiger partial charge in [-0.3, -0.25) is 14.6 Å². The zero-order valence-corrected chi connectivity index (χ0v) is 22.3. The van der Waals surface area contributed by atoms with E-state index in [0.717, 1.165) is 75.7 Å². The molecule has 2 fully saturated rings. The van der Waals surface area contributed by atoms with E-state index in [1.54, 1.807) is 7.05 Å². The molecular weight excluding hydrogens is 462 g/mol. The van der Waals surface area contributed by atoms with E-state index in [1.807, 2.05) is 24.2 Å². The molecule has 5 rings (SSSR count). The minimum atomic E-state index is -0.464. The second-order valence-electron chi connectivity index (χ2n) is 10.9. The summed E-state index contributed by atoms with van der Waals surface area (Å²) >= 11 is 0. The molecule has 2 N–H and O–H groups in total. The summed E-state index contributed by atoms with van der Waals surface area (Å²) in [6.07, 6.45) is 13.4. The molecule has 1 aliphatic carbocycles. The number of hydrogen-bond donors (Lipinski definition) is 2. The van der Waals surface area contributed by atoms with Crippen LogP contribution in [-0.2, 0) is 16.0 Å². The second-order valence-corrected chi connectivity index (χ2v) is 10.9. The summed E-state index contributed by atoms with van der Waals surface area (Å²) in [5.74, 6) is 0.166. The number of hydrogen-bond acceptors (Lipinski definition) is 5. The topological polar surface area (TPSA) is 77.6 Å². The Hall–Kier alpha value is -2.93. The van der Waals surface area contributed by atoms with Gasteiger partial charge in [-0.2, -0.15) is 0 Å². The maximum Gasteiger partial charge on any atom is 0.245 e. The number of anilines is 2. The van der Waals surface area contributed by atoms with Crippen LogP contribution in [0.4, 0.5) is 11.4 Å². The quantitative estimate of drug-likeness (QED) is 0.582. The Morgan fingerprint density at radius 2 is 1.81 bits per heavy atom. The largest absolute Gasteiger partial charge is 0.343 e. The number of pyridine rings is 1. The van der Waals surface area contributed by atoms with Crippen molar-refractivity contribution in [3.63, 3.8) is 0 Å². The summed E-state index contributed by atoms with van der Waals surface area (Å²) < 4.78 is 0. The molecule has 1 saturated carbocycles. The average Bonchev–Trinajstić information content (AvgIpc) is 3.45. The van der Waals surface area contributed by atoms with Crippen molar-refractivity contribution in [1.29, 1.82) is 0 Å². The number of fused-ring (bicyclic) bond motifs is 1. The van der Waals surface area contributed by atoms with Crippen LogP contribution in [0.5, 0.6) is 0 Å². The first-order chi connectivity index (χ1) is 18.1. The van der Waals surface area contributed by atoms with Gasteiger partial charge in [0.2, 0.25) is 11.8 Å². The Labute approximate surface area is 221 Å². The first-order valence-electron chi connectivity index (χ1n) is 14.2. The van der Waals surface area contributed by atoms with Gasteiger partial charge in [0, 0.05) is 25.0 Å². The monoisotopic (exact) mass is 503 g/mol. The first kappa shape index (κ1) is 25.7. The molecule has 2 amide bonds. The van der Waals surface area contributed by atoms with Gasteiger partial charge in [-0.1, -0.05) is 37.5 Å². The number of amides is 2. The normalized spacial score (nSPS) is 21.8. The molecule has 198 valence electrons. The summed E-state index contributed by atoms with van der Waals surface area (Å²) in [6.45, 7) is 3.53. The minimum Gasteiger partial charge on any atom is -0.343 e. The molecule has 7 heteroatoms. The van der Waals surface area contributed by atoms with Crippen LogP contribution in [0.1, 0.15) is 75.5 Å². The number of rotatable bonds is 7. The van der Waals surface area contributed by atoms with E-state index >= 15 is 0 Å². The third kappa shape index (κ3) is 5.52. The number of likely N-dealkylation sites (tertiary alicyclic amines) is 1. The highest BCUT2D eigenvalue weighted by atomic mass is 16.2. The fourth-order valence-electron chi connectivity index (χ4n) is 6.39. The van der Waals surface area contributed by atoms with Crippen LogP contribution < -0.4 is 15.5 Å². The Balaban J connectivity index is 1.39. The molecule has 2 aliphatic heterocycles. The van der Waals surface area contributed by atoms with Gasteiger partial charge < -0.3 is 20.4 Å². The number of nitrogens with zero attached hydrogens (tertiary/aromatic N) is 3. The molecule has 3 heterocycles. The maximum atomic E-state index is 14.1. The predicted molar refractivity (Wildman–Crippen MR) is 147 cm³/mol. The van der Waals surface area contributed by atoms with Gasteiger partial charge in [0.15, 0.2) is 0 Å². The van der Waals surface area contributed by atoms with Gasteiger partial charge in [-0.05, 0) is 81.7 Å². The molecule has 0 spiro atoms. The zero-order valence-electron chi connectivity index (χ0n) is 22.3. The van der Waals surface area contributed by atoms with Crippen molar-refractivity contribution < 1.29 is 9.59 Å². The van der Waals surface area contributed by atoms with Crippen molar-refractivity contribution in [2.45, 2.75) is 82.8 Å². The van der Waals surface area contributed by atoms with Gasteiger partial charge in [-0.25, -0.2) is 0 Å². The molecule has 3 unspecified atom stereocenters. The molecule has 1 saturated heterocycles. The number of aryl methyl sites for hydroxylation is 1. The maximum absolute atomic E-state index is 14.1. The van der Waals surface area contributed by atoms with Crippen LogP contribution in [0, 0.1) is 5.92 Å². The molecular formula is C30H41N5O2. The molecule has 0 bridgehead atoms. The van der Waals surface area contributed by atoms with Gasteiger partial charge in [0.1, 0.15) is 6.04 Å². The Kier molecular flexibility index (Phi) is 8.08. The Morgan fingerprint density at radius 1 is 1.00 bits per heavy atom. The lowest BCUT2D eigenvalue weighted by Crippen LogP contribution is -2.55. The number of para-hydroxylation sites is 1. The van der Waals surface area contributed by atoms with Crippen molar-refractivity contribution in [3.05, 3.63) is 53.9 Å². The van der Waals surface area contributed by atoms with Crippen molar-refractivity contribution in [3.8, 4) is 0 Å². The second kappa shape index (κ2) is 11.6. The molecule has 3 aliphatic rings. The first-order valence-corrected chi connectivity index (χ1v) is 14.2. The molecule has 37 heavy (non-hydrogen) atoms. The Bertz CT molecular complexity index is 1100. The predicted octanol–water partition coefficient (Wildman–Crippen LogP) is 4.50. The van der Waals surface area contributed by atoms with Gasteiger partial charge in [0.25, 0.3) is 0 Å². The number of likely N-dealkylation sites (N-methyl/N-ethyl adjacent to an activating group) is 1. The summed E-state index contributed by atoms with van der Waals surface area (Å²) in [6, 6.07) is 10.0. The highest BCUT2D eigenvalue weighted by Gasteiger charge is 2.39. The standard InChI is InChI=1S/C30H41N5O2/c1-21(31-2)29(36)33-28(23-11-4-3-5-12-23)30(37)35-17-9-15-27(35)24-18-25(20-32-19-24)34-16-8-13-22-10-6-7-14-26(22)34/h6-7,10,14,18-21,23,27-28,31H,3-5,8-9,11-13,15-17H2,1-2H3,(H,33,36). The van der Waals surface area contributed by atoms with Crippen molar-refractivity contribution in [1.82, 2.24) is 20.5 Å². The van der Waals surface area contributed by atoms with Gasteiger partial charge in [0.05, 0.1) is 24.0 Å². The number of benzene rings is 1. The van der Waals surface area contributed by atoms with Crippen molar-refractivity contribution in [2.75, 3.05) is 25.0 Å². The summed E-state index contributed by atoms with van der Waals surface area (Å²) in [5.41, 5.74) is 4.80. The van der Waals surface area contributed by atoms with Crippen molar-refractivity contribution in [2.24, 2.45) is 5.92 Å². The highest BCUT2D eigenvalue weighted by Crippen LogP contribution is 2.38. The lowest BCUT2D eigenvalue weighted by molar-refractivity contribution is -0.139. The van der Waals surface area contributed by atoms with Crippen LogP contribution in [-0.4, -0.2) is 53.9 Å². The molecule has 3 atom stereocenters. The van der Waals surface area contributed by atoms with E-state index in [1.165, 1.54) is 17.7 Å². The number of aromatic nitrogens is 1. The SMILES string of the molecule is CNC(C)C(=O)NC(C(=O)N1CCCC1c1cncc(N2CCCc3ccccc32)c1)C1CCCCC1. The van der Waals surface area contributed by atoms with Crippen LogP contribution in [0.3, 0.4) is 0 Å².